The average Bonchev–Trinajstić information content (AvgIpc) is 3.11. The normalized spacial score (nSPS) is 11.4. The summed E-state index contributed by atoms with van der Waals surface area (Å²) in [6.07, 6.45) is 0. The van der Waals surface area contributed by atoms with Gasteiger partial charge in [0.25, 0.3) is 5.56 Å². The lowest BCUT2D eigenvalue weighted by atomic mass is 10.1. The molecule has 0 atom stereocenters. The summed E-state index contributed by atoms with van der Waals surface area (Å²) in [6.45, 7) is 3.50. The fraction of sp³-hybridized carbons (Fsp3) is 0.250. The van der Waals surface area contributed by atoms with Crippen LogP contribution in [0.5, 0.6) is 0 Å². The number of carbonyl (C=O) groups excluding carboxylic acids is 1. The Hall–Kier alpha value is -2.49. The summed E-state index contributed by atoms with van der Waals surface area (Å²) in [5.41, 5.74) is 1.33. The van der Waals surface area contributed by atoms with Crippen LogP contribution in [0.4, 0.5) is 0 Å². The van der Waals surface area contributed by atoms with E-state index in [9.17, 15) is 18.0 Å². The minimum absolute atomic E-state index is 0.142. The molecule has 3 aromatic rings. The van der Waals surface area contributed by atoms with Gasteiger partial charge in [0, 0.05) is 16.1 Å². The molecule has 3 rings (SSSR count). The van der Waals surface area contributed by atoms with E-state index in [0.717, 1.165) is 11.3 Å². The largest absolute Gasteiger partial charge is 0.462 e. The van der Waals surface area contributed by atoms with Crippen molar-refractivity contribution in [2.75, 3.05) is 6.61 Å². The molecule has 10 heteroatoms. The van der Waals surface area contributed by atoms with E-state index >= 15 is 0 Å². The summed E-state index contributed by atoms with van der Waals surface area (Å²) in [7, 11) is -3.47. The number of aryl methyl sites for hydroxylation is 1. The zero-order chi connectivity index (χ0) is 21.9. The topological polar surface area (TPSA) is 106 Å². The monoisotopic (exact) mass is 466 g/mol. The maximum atomic E-state index is 12.5. The van der Waals surface area contributed by atoms with Gasteiger partial charge in [-0.25, -0.2) is 18.2 Å². The first-order valence-corrected chi connectivity index (χ1v) is 12.1. The quantitative estimate of drug-likeness (QED) is 0.531. The summed E-state index contributed by atoms with van der Waals surface area (Å²) in [5, 5.41) is 2.49. The van der Waals surface area contributed by atoms with Crippen molar-refractivity contribution in [2.45, 2.75) is 25.4 Å². The van der Waals surface area contributed by atoms with Gasteiger partial charge < -0.3 is 9.72 Å². The molecule has 0 fully saturated rings. The molecule has 0 aliphatic rings. The molecule has 0 spiro atoms. The first-order valence-electron chi connectivity index (χ1n) is 8.99. The van der Waals surface area contributed by atoms with Crippen molar-refractivity contribution in [3.05, 3.63) is 72.9 Å². The average molecular weight is 467 g/mol. The Morgan fingerprint density at radius 1 is 1.23 bits per heavy atom. The fourth-order valence-electron chi connectivity index (χ4n) is 2.81. The number of carbonyl (C=O) groups is 1. The second kappa shape index (κ2) is 9.11. The van der Waals surface area contributed by atoms with Crippen molar-refractivity contribution in [1.82, 2.24) is 9.97 Å². The molecule has 0 amide bonds. The van der Waals surface area contributed by atoms with Crippen LogP contribution in [0.2, 0.25) is 5.02 Å². The van der Waals surface area contributed by atoms with E-state index in [1.54, 1.807) is 43.5 Å². The lowest BCUT2D eigenvalue weighted by Gasteiger charge is -2.07. The van der Waals surface area contributed by atoms with Crippen LogP contribution in [0.25, 0.3) is 11.3 Å². The van der Waals surface area contributed by atoms with Gasteiger partial charge in [0.2, 0.25) is 0 Å². The molecule has 1 N–H and O–H groups in total. The molecule has 0 aliphatic carbocycles. The van der Waals surface area contributed by atoms with Crippen LogP contribution >= 0.6 is 22.9 Å². The van der Waals surface area contributed by atoms with E-state index in [4.69, 9.17) is 16.3 Å². The number of thiazole rings is 1. The molecule has 158 valence electrons. The van der Waals surface area contributed by atoms with Gasteiger partial charge in [-0.1, -0.05) is 23.7 Å². The highest BCUT2D eigenvalue weighted by atomic mass is 35.5. The van der Waals surface area contributed by atoms with Crippen molar-refractivity contribution in [1.29, 1.82) is 0 Å². The van der Waals surface area contributed by atoms with Crippen LogP contribution in [0.1, 0.15) is 33.5 Å². The molecule has 0 saturated carbocycles. The van der Waals surface area contributed by atoms with E-state index in [2.05, 4.69) is 9.97 Å². The third-order valence-corrected chi connectivity index (χ3v) is 6.97. The van der Waals surface area contributed by atoms with Crippen molar-refractivity contribution in [3.8, 4) is 11.3 Å². The summed E-state index contributed by atoms with van der Waals surface area (Å²) in [6, 6.07) is 8.02. The van der Waals surface area contributed by atoms with Crippen LogP contribution in [0.15, 0.2) is 40.5 Å². The first-order chi connectivity index (χ1) is 14.2. The van der Waals surface area contributed by atoms with E-state index in [1.807, 2.05) is 0 Å². The molecule has 0 aliphatic heterocycles. The molecule has 0 unspecified atom stereocenters. The SMILES string of the molecule is CCOC(=O)c1cc(-c2csc(CS(=O)(=O)Cc3ccc(Cl)cc3)n2)c(=O)[nH]c1C. The zero-order valence-electron chi connectivity index (χ0n) is 16.3. The predicted octanol–water partition coefficient (Wildman–Crippen LogP) is 3.75. The number of nitrogens with one attached hydrogen (secondary N) is 1. The summed E-state index contributed by atoms with van der Waals surface area (Å²) in [5.74, 6) is -0.945. The molecule has 2 aromatic heterocycles. The van der Waals surface area contributed by atoms with Gasteiger partial charge in [0.15, 0.2) is 9.84 Å². The van der Waals surface area contributed by atoms with Crippen LogP contribution in [0, 0.1) is 6.92 Å². The Morgan fingerprint density at radius 2 is 1.93 bits per heavy atom. The zero-order valence-corrected chi connectivity index (χ0v) is 18.7. The number of nitrogens with zero attached hydrogens (tertiary/aromatic N) is 1. The number of benzene rings is 1. The van der Waals surface area contributed by atoms with Gasteiger partial charge in [0.05, 0.1) is 29.2 Å². The highest BCUT2D eigenvalue weighted by Gasteiger charge is 2.19. The molecule has 2 heterocycles. The molecular weight excluding hydrogens is 448 g/mol. The molecular formula is C20H19ClN2O5S2. The predicted molar refractivity (Wildman–Crippen MR) is 117 cm³/mol. The maximum absolute atomic E-state index is 12.5. The Balaban J connectivity index is 1.84. The number of H-pyrrole nitrogens is 1. The van der Waals surface area contributed by atoms with E-state index in [-0.39, 0.29) is 29.2 Å². The Bertz CT molecular complexity index is 1230. The minimum Gasteiger partial charge on any atom is -0.462 e. The summed E-state index contributed by atoms with van der Waals surface area (Å²) < 4.78 is 30.1. The van der Waals surface area contributed by atoms with Crippen molar-refractivity contribution in [3.63, 3.8) is 0 Å². The highest BCUT2D eigenvalue weighted by Crippen LogP contribution is 2.23. The van der Waals surface area contributed by atoms with Crippen molar-refractivity contribution >= 4 is 38.7 Å². The van der Waals surface area contributed by atoms with E-state index in [1.165, 1.54) is 6.07 Å². The number of rotatable bonds is 7. The third-order valence-electron chi connectivity index (χ3n) is 4.20. The lowest BCUT2D eigenvalue weighted by Crippen LogP contribution is -2.16. The Labute approximate surface area is 182 Å². The van der Waals surface area contributed by atoms with E-state index < -0.39 is 21.4 Å². The minimum atomic E-state index is -3.47. The van der Waals surface area contributed by atoms with Gasteiger partial charge in [-0.2, -0.15) is 0 Å². The fourth-order valence-corrected chi connectivity index (χ4v) is 5.57. The van der Waals surface area contributed by atoms with Gasteiger partial charge in [0.1, 0.15) is 10.8 Å². The highest BCUT2D eigenvalue weighted by molar-refractivity contribution is 7.89. The number of esters is 1. The number of hydrogen-bond acceptors (Lipinski definition) is 7. The van der Waals surface area contributed by atoms with Crippen LogP contribution in [-0.2, 0) is 26.1 Å². The smallest absolute Gasteiger partial charge is 0.339 e. The van der Waals surface area contributed by atoms with Crippen molar-refractivity contribution < 1.29 is 17.9 Å². The number of aromatic nitrogens is 2. The third kappa shape index (κ3) is 5.35. The van der Waals surface area contributed by atoms with E-state index in [0.29, 0.717) is 27.0 Å². The molecule has 30 heavy (non-hydrogen) atoms. The number of aromatic amines is 1. The summed E-state index contributed by atoms with van der Waals surface area (Å²) >= 11 is 6.97. The van der Waals surface area contributed by atoms with Gasteiger partial charge in [-0.05, 0) is 37.6 Å². The summed E-state index contributed by atoms with van der Waals surface area (Å²) in [4.78, 5) is 31.4. The van der Waals surface area contributed by atoms with Crippen LogP contribution in [-0.4, -0.2) is 31.0 Å². The molecule has 0 radical (unpaired) electrons. The Kier molecular flexibility index (Phi) is 6.74. The standard InChI is InChI=1S/C20H19ClN2O5S2/c1-3-28-20(25)15-8-16(19(24)22-12(15)2)17-9-29-18(23-17)11-30(26,27)10-13-4-6-14(21)7-5-13/h4-9H,3,10-11H2,1-2H3,(H,22,24). The van der Waals surface area contributed by atoms with Gasteiger partial charge in [-0.15, -0.1) is 11.3 Å². The number of ether oxygens (including phenoxy) is 1. The Morgan fingerprint density at radius 3 is 2.60 bits per heavy atom. The number of pyridine rings is 1. The maximum Gasteiger partial charge on any atom is 0.339 e. The molecule has 1 aromatic carbocycles. The van der Waals surface area contributed by atoms with Gasteiger partial charge >= 0.3 is 5.97 Å². The number of hydrogen-bond donors (Lipinski definition) is 1. The molecule has 0 bridgehead atoms. The van der Waals surface area contributed by atoms with Crippen molar-refractivity contribution in [2.24, 2.45) is 0 Å². The lowest BCUT2D eigenvalue weighted by molar-refractivity contribution is 0.0525. The van der Waals surface area contributed by atoms with Crippen LogP contribution in [0.3, 0.4) is 0 Å². The van der Waals surface area contributed by atoms with Crippen LogP contribution < -0.4 is 5.56 Å². The number of sulfone groups is 1. The first kappa shape index (κ1) is 22.2. The second-order valence-electron chi connectivity index (χ2n) is 6.56. The molecule has 0 saturated heterocycles. The molecule has 7 nitrogen and oxygen atoms in total. The second-order valence-corrected chi connectivity index (χ2v) is 10.0. The number of halogens is 1. The van der Waals surface area contributed by atoms with Gasteiger partial charge in [-0.3, -0.25) is 4.79 Å².